The molecule has 0 saturated carbocycles. The van der Waals surface area contributed by atoms with E-state index in [0.29, 0.717) is 12.1 Å². The maximum absolute atomic E-state index is 12.8. The summed E-state index contributed by atoms with van der Waals surface area (Å²) < 4.78 is 0. The van der Waals surface area contributed by atoms with E-state index < -0.39 is 48.4 Å². The highest BCUT2D eigenvalue weighted by Crippen LogP contribution is 2.06. The molecule has 2 aromatic rings. The van der Waals surface area contributed by atoms with Crippen molar-refractivity contribution in [2.75, 3.05) is 6.54 Å². The van der Waals surface area contributed by atoms with Gasteiger partial charge in [0.15, 0.2) is 0 Å². The fourth-order valence-corrected chi connectivity index (χ4v) is 3.29. The number of carboxylic acids is 1. The molecular formula is C23H32N6O5. The Morgan fingerprint density at radius 1 is 1.03 bits per heavy atom. The molecule has 0 aliphatic carbocycles. The van der Waals surface area contributed by atoms with Gasteiger partial charge in [0.25, 0.3) is 0 Å². The van der Waals surface area contributed by atoms with Crippen LogP contribution in [0.15, 0.2) is 42.9 Å². The second-order valence-corrected chi connectivity index (χ2v) is 8.44. The number of hydrogen-bond acceptors (Lipinski definition) is 6. The lowest BCUT2D eigenvalue weighted by Crippen LogP contribution is -2.54. The highest BCUT2D eigenvalue weighted by Gasteiger charge is 2.26. The van der Waals surface area contributed by atoms with Gasteiger partial charge in [-0.15, -0.1) is 0 Å². The van der Waals surface area contributed by atoms with E-state index >= 15 is 0 Å². The van der Waals surface area contributed by atoms with Crippen molar-refractivity contribution >= 4 is 23.7 Å². The van der Waals surface area contributed by atoms with Crippen LogP contribution in [0.3, 0.4) is 0 Å². The fraction of sp³-hybridized carbons (Fsp3) is 0.435. The van der Waals surface area contributed by atoms with E-state index in [9.17, 15) is 24.3 Å². The molecule has 11 nitrogen and oxygen atoms in total. The first-order chi connectivity index (χ1) is 16.2. The summed E-state index contributed by atoms with van der Waals surface area (Å²) in [6.45, 7) is 3.25. The van der Waals surface area contributed by atoms with Crippen molar-refractivity contribution in [3.8, 4) is 0 Å². The number of carbonyl (C=O) groups excluding carboxylic acids is 3. The van der Waals surface area contributed by atoms with Crippen LogP contribution in [-0.4, -0.2) is 63.4 Å². The number of nitrogens with one attached hydrogen (secondary N) is 4. The number of nitrogens with zero attached hydrogens (tertiary/aromatic N) is 1. The van der Waals surface area contributed by atoms with Crippen molar-refractivity contribution in [2.45, 2.75) is 51.2 Å². The highest BCUT2D eigenvalue weighted by atomic mass is 16.4. The first-order valence-electron chi connectivity index (χ1n) is 11.0. The number of aliphatic carboxylic acids is 1. The third-order valence-electron chi connectivity index (χ3n) is 5.01. The van der Waals surface area contributed by atoms with Crippen LogP contribution in [0.2, 0.25) is 0 Å². The lowest BCUT2D eigenvalue weighted by Gasteiger charge is -2.21. The fourth-order valence-electron chi connectivity index (χ4n) is 3.29. The molecule has 7 N–H and O–H groups in total. The molecule has 0 saturated heterocycles. The maximum Gasteiger partial charge on any atom is 0.326 e. The van der Waals surface area contributed by atoms with Gasteiger partial charge < -0.3 is 31.8 Å². The summed E-state index contributed by atoms with van der Waals surface area (Å²) in [5, 5.41) is 16.8. The highest BCUT2D eigenvalue weighted by molar-refractivity contribution is 5.92. The zero-order valence-electron chi connectivity index (χ0n) is 19.3. The van der Waals surface area contributed by atoms with Gasteiger partial charge in [0.2, 0.25) is 17.7 Å². The summed E-state index contributed by atoms with van der Waals surface area (Å²) in [5.74, 6) is -2.86. The van der Waals surface area contributed by atoms with Crippen LogP contribution >= 0.6 is 0 Å². The molecule has 3 amide bonds. The number of aromatic amines is 1. The summed E-state index contributed by atoms with van der Waals surface area (Å²) in [6.07, 6.45) is 3.61. The minimum absolute atomic E-state index is 0.0603. The minimum atomic E-state index is -1.15. The Morgan fingerprint density at radius 2 is 1.74 bits per heavy atom. The average Bonchev–Trinajstić information content (AvgIpc) is 3.30. The van der Waals surface area contributed by atoms with Gasteiger partial charge in [0.1, 0.15) is 12.1 Å². The van der Waals surface area contributed by atoms with Crippen LogP contribution < -0.4 is 21.7 Å². The van der Waals surface area contributed by atoms with E-state index in [-0.39, 0.29) is 18.8 Å². The van der Waals surface area contributed by atoms with Gasteiger partial charge in [-0.2, -0.15) is 0 Å². The standard InChI is InChI=1S/C23H32N6O5/c1-14(2)8-19(23(33)34)28-20(30)12-26-22(32)18(10-16-11-25-13-27-16)29-21(31)17(24)9-15-6-4-3-5-7-15/h3-7,11,13-14,17-19H,8-10,12,24H2,1-2H3,(H,25,27)(H,26,32)(H,28,30)(H,29,31)(H,33,34). The van der Waals surface area contributed by atoms with Gasteiger partial charge in [-0.1, -0.05) is 44.2 Å². The molecule has 3 atom stereocenters. The Bertz CT molecular complexity index is 948. The van der Waals surface area contributed by atoms with Gasteiger partial charge in [-0.3, -0.25) is 14.4 Å². The average molecular weight is 473 g/mol. The van der Waals surface area contributed by atoms with Gasteiger partial charge in [0, 0.05) is 18.3 Å². The molecule has 0 aliphatic heterocycles. The zero-order valence-corrected chi connectivity index (χ0v) is 19.3. The van der Waals surface area contributed by atoms with Crippen LogP contribution in [0.5, 0.6) is 0 Å². The van der Waals surface area contributed by atoms with Crippen LogP contribution in [-0.2, 0) is 32.0 Å². The molecule has 2 rings (SSSR count). The lowest BCUT2D eigenvalue weighted by molar-refractivity contribution is -0.142. The molecule has 1 aromatic heterocycles. The third kappa shape index (κ3) is 9.02. The number of nitrogens with two attached hydrogens (primary N) is 1. The number of H-pyrrole nitrogens is 1. The molecule has 11 heteroatoms. The number of aromatic nitrogens is 2. The van der Waals surface area contributed by atoms with E-state index in [1.165, 1.54) is 12.5 Å². The molecule has 0 bridgehead atoms. The SMILES string of the molecule is CC(C)CC(NC(=O)CNC(=O)C(Cc1cnc[nH]1)NC(=O)C(N)Cc1ccccc1)C(=O)O. The molecule has 34 heavy (non-hydrogen) atoms. The normalized spacial score (nSPS) is 13.5. The largest absolute Gasteiger partial charge is 0.480 e. The van der Waals surface area contributed by atoms with Crippen molar-refractivity contribution in [3.05, 3.63) is 54.1 Å². The summed E-state index contributed by atoms with van der Waals surface area (Å²) in [6, 6.07) is 6.29. The molecule has 184 valence electrons. The van der Waals surface area contributed by atoms with E-state index in [0.717, 1.165) is 5.56 Å². The molecule has 3 unspecified atom stereocenters. The second-order valence-electron chi connectivity index (χ2n) is 8.44. The Morgan fingerprint density at radius 3 is 2.32 bits per heavy atom. The molecule has 0 spiro atoms. The number of carboxylic acid groups (broad SMARTS) is 1. The Kier molecular flexibility index (Phi) is 10.2. The molecular weight excluding hydrogens is 440 g/mol. The van der Waals surface area contributed by atoms with E-state index in [4.69, 9.17) is 5.73 Å². The van der Waals surface area contributed by atoms with Crippen molar-refractivity contribution < 1.29 is 24.3 Å². The Hall–Kier alpha value is -3.73. The van der Waals surface area contributed by atoms with E-state index in [2.05, 4.69) is 25.9 Å². The minimum Gasteiger partial charge on any atom is -0.480 e. The number of amides is 3. The Labute approximate surface area is 197 Å². The summed E-state index contributed by atoms with van der Waals surface area (Å²) in [5.41, 5.74) is 7.51. The van der Waals surface area contributed by atoms with Crippen LogP contribution in [0, 0.1) is 5.92 Å². The first-order valence-corrected chi connectivity index (χ1v) is 11.0. The van der Waals surface area contributed by atoms with Crippen molar-refractivity contribution in [1.82, 2.24) is 25.9 Å². The maximum atomic E-state index is 12.8. The van der Waals surface area contributed by atoms with Gasteiger partial charge in [-0.25, -0.2) is 9.78 Å². The van der Waals surface area contributed by atoms with Crippen molar-refractivity contribution in [1.29, 1.82) is 0 Å². The van der Waals surface area contributed by atoms with Crippen LogP contribution in [0.25, 0.3) is 0 Å². The van der Waals surface area contributed by atoms with Gasteiger partial charge in [-0.05, 0) is 24.3 Å². The molecule has 0 aliphatic rings. The molecule has 0 radical (unpaired) electrons. The number of rotatable bonds is 13. The number of carbonyl (C=O) groups is 4. The molecule has 1 heterocycles. The molecule has 1 aromatic carbocycles. The third-order valence-corrected chi connectivity index (χ3v) is 5.01. The van der Waals surface area contributed by atoms with Gasteiger partial charge >= 0.3 is 5.97 Å². The Balaban J connectivity index is 1.97. The second kappa shape index (κ2) is 13.1. The topological polar surface area (TPSA) is 179 Å². The van der Waals surface area contributed by atoms with Gasteiger partial charge in [0.05, 0.1) is 18.9 Å². The zero-order chi connectivity index (χ0) is 25.1. The summed E-state index contributed by atoms with van der Waals surface area (Å²) in [7, 11) is 0. The monoisotopic (exact) mass is 472 g/mol. The van der Waals surface area contributed by atoms with Crippen molar-refractivity contribution in [3.63, 3.8) is 0 Å². The predicted molar refractivity (Wildman–Crippen MR) is 124 cm³/mol. The summed E-state index contributed by atoms with van der Waals surface area (Å²) in [4.78, 5) is 55.8. The predicted octanol–water partition coefficient (Wildman–Crippen LogP) is -0.261. The van der Waals surface area contributed by atoms with Crippen LogP contribution in [0.1, 0.15) is 31.5 Å². The smallest absolute Gasteiger partial charge is 0.326 e. The number of hydrogen-bond donors (Lipinski definition) is 6. The van der Waals surface area contributed by atoms with E-state index in [1.807, 2.05) is 44.2 Å². The quantitative estimate of drug-likeness (QED) is 0.232. The summed E-state index contributed by atoms with van der Waals surface area (Å²) >= 11 is 0. The number of imidazole rings is 1. The van der Waals surface area contributed by atoms with Crippen LogP contribution in [0.4, 0.5) is 0 Å². The number of benzene rings is 1. The van der Waals surface area contributed by atoms with E-state index in [1.54, 1.807) is 0 Å². The lowest BCUT2D eigenvalue weighted by atomic mass is 10.0. The van der Waals surface area contributed by atoms with Crippen molar-refractivity contribution in [2.24, 2.45) is 11.7 Å². The first kappa shape index (κ1) is 26.5. The molecule has 0 fully saturated rings.